The summed E-state index contributed by atoms with van der Waals surface area (Å²) in [6, 6.07) is 15.8. The minimum atomic E-state index is -1.41. The lowest BCUT2D eigenvalue weighted by atomic mass is 9.70. The van der Waals surface area contributed by atoms with E-state index in [-0.39, 0.29) is 11.8 Å². The van der Waals surface area contributed by atoms with Gasteiger partial charge in [0.05, 0.1) is 5.41 Å². The molecule has 2 amide bonds. The summed E-state index contributed by atoms with van der Waals surface area (Å²) in [4.78, 5) is 32.3. The van der Waals surface area contributed by atoms with E-state index < -0.39 is 27.4 Å². The standard InChI is InChI=1S/C24H22N4O3S2/c1-3-22-20(30)28-19-23(14-9-5-7-11-17(14)26-19,15-12-25-16-10-6-4-8-13(15)16)18(29)24(28,33-32-22)21(31)27(22)2/h4-12,18-19,25-26,29H,3H2,1-2H3. The highest BCUT2D eigenvalue weighted by Gasteiger charge is 2.82. The van der Waals surface area contributed by atoms with Crippen molar-refractivity contribution >= 4 is 50.0 Å². The van der Waals surface area contributed by atoms with Crippen molar-refractivity contribution in [2.45, 2.75) is 40.8 Å². The number of H-pyrrole nitrogens is 1. The highest BCUT2D eigenvalue weighted by atomic mass is 33.1. The average molecular weight is 479 g/mol. The van der Waals surface area contributed by atoms with E-state index in [1.807, 2.05) is 61.7 Å². The Hall–Kier alpha value is -2.62. The van der Waals surface area contributed by atoms with Gasteiger partial charge in [0.2, 0.25) is 4.87 Å². The van der Waals surface area contributed by atoms with E-state index in [0.29, 0.717) is 6.42 Å². The molecule has 33 heavy (non-hydrogen) atoms. The lowest BCUT2D eigenvalue weighted by molar-refractivity contribution is -0.167. The third-order valence-electron chi connectivity index (χ3n) is 8.04. The van der Waals surface area contributed by atoms with Gasteiger partial charge in [-0.1, -0.05) is 54.1 Å². The lowest BCUT2D eigenvalue weighted by Gasteiger charge is -2.58. The van der Waals surface area contributed by atoms with Gasteiger partial charge in [-0.2, -0.15) is 0 Å². The first-order valence-corrected chi connectivity index (χ1v) is 13.2. The van der Waals surface area contributed by atoms with Crippen LogP contribution in [0.15, 0.2) is 54.7 Å². The summed E-state index contributed by atoms with van der Waals surface area (Å²) in [7, 11) is 4.44. The zero-order valence-electron chi connectivity index (χ0n) is 18.0. The molecule has 2 aromatic carbocycles. The summed E-state index contributed by atoms with van der Waals surface area (Å²) in [5.41, 5.74) is 2.61. The van der Waals surface area contributed by atoms with Gasteiger partial charge < -0.3 is 20.3 Å². The highest BCUT2D eigenvalue weighted by molar-refractivity contribution is 8.78. The molecule has 7 nitrogen and oxygen atoms in total. The number of aromatic amines is 1. The normalized spacial score (nSPS) is 36.2. The van der Waals surface area contributed by atoms with Crippen LogP contribution in [0.3, 0.4) is 0 Å². The molecule has 6 heterocycles. The number of hydrogen-bond acceptors (Lipinski definition) is 6. The van der Waals surface area contributed by atoms with E-state index in [0.717, 1.165) is 27.7 Å². The number of likely N-dealkylation sites (N-methyl/N-ethyl adjacent to an activating group) is 1. The molecule has 8 rings (SSSR count). The molecule has 5 atom stereocenters. The number of aromatic nitrogens is 1. The van der Waals surface area contributed by atoms with Crippen LogP contribution in [0.2, 0.25) is 0 Å². The van der Waals surface area contributed by atoms with Crippen molar-refractivity contribution in [1.82, 2.24) is 14.8 Å². The van der Waals surface area contributed by atoms with E-state index in [2.05, 4.69) is 10.3 Å². The maximum absolute atomic E-state index is 14.1. The van der Waals surface area contributed by atoms with Gasteiger partial charge in [-0.05, 0) is 40.5 Å². The molecule has 0 aliphatic carbocycles. The number of piperazine rings is 1. The number of fused-ring (bicyclic) bond motifs is 6. The Labute approximate surface area is 198 Å². The van der Waals surface area contributed by atoms with Gasteiger partial charge in [-0.25, -0.2) is 0 Å². The van der Waals surface area contributed by atoms with Crippen molar-refractivity contribution in [2.24, 2.45) is 0 Å². The fourth-order valence-electron chi connectivity index (χ4n) is 6.45. The number of carbonyl (C=O) groups is 2. The average Bonchev–Trinajstić information content (AvgIpc) is 3.47. The molecule has 5 aliphatic heterocycles. The third kappa shape index (κ3) is 1.88. The highest BCUT2D eigenvalue weighted by Crippen LogP contribution is 2.70. The van der Waals surface area contributed by atoms with Crippen LogP contribution in [0.4, 0.5) is 5.69 Å². The summed E-state index contributed by atoms with van der Waals surface area (Å²) >= 11 is 0. The van der Waals surface area contributed by atoms with Crippen LogP contribution in [-0.2, 0) is 15.0 Å². The number of rotatable bonds is 2. The number of hydrogen-bond donors (Lipinski definition) is 3. The Balaban J connectivity index is 1.58. The number of amides is 2. The Morgan fingerprint density at radius 2 is 1.79 bits per heavy atom. The number of nitrogens with zero attached hydrogens (tertiary/aromatic N) is 2. The van der Waals surface area contributed by atoms with E-state index in [9.17, 15) is 14.7 Å². The fourth-order valence-corrected chi connectivity index (χ4v) is 10.4. The van der Waals surface area contributed by atoms with Crippen LogP contribution in [0, 0.1) is 0 Å². The minimum absolute atomic E-state index is 0.123. The predicted molar refractivity (Wildman–Crippen MR) is 129 cm³/mol. The molecule has 0 saturated carbocycles. The van der Waals surface area contributed by atoms with Crippen LogP contribution in [0.1, 0.15) is 24.5 Å². The summed E-state index contributed by atoms with van der Waals surface area (Å²) in [6.45, 7) is 1.93. The van der Waals surface area contributed by atoms with Crippen LogP contribution in [0.5, 0.6) is 0 Å². The molecule has 4 saturated heterocycles. The van der Waals surface area contributed by atoms with Crippen LogP contribution in [-0.4, -0.2) is 60.8 Å². The van der Waals surface area contributed by atoms with Gasteiger partial charge >= 0.3 is 0 Å². The Morgan fingerprint density at radius 1 is 1.03 bits per heavy atom. The van der Waals surface area contributed by atoms with Crippen molar-refractivity contribution in [2.75, 3.05) is 12.4 Å². The molecule has 0 radical (unpaired) electrons. The number of aliphatic hydroxyl groups excluding tert-OH is 1. The van der Waals surface area contributed by atoms with E-state index in [1.54, 1.807) is 16.8 Å². The maximum Gasteiger partial charge on any atom is 0.264 e. The molecular weight excluding hydrogens is 456 g/mol. The number of para-hydroxylation sites is 2. The van der Waals surface area contributed by atoms with E-state index in [4.69, 9.17) is 0 Å². The van der Waals surface area contributed by atoms with Gasteiger partial charge in [-0.3, -0.25) is 14.5 Å². The molecule has 2 bridgehead atoms. The fraction of sp³-hybridized carbons (Fsp3) is 0.333. The Kier molecular flexibility index (Phi) is 3.65. The second-order valence-electron chi connectivity index (χ2n) is 9.15. The quantitative estimate of drug-likeness (QED) is 0.491. The largest absolute Gasteiger partial charge is 0.388 e. The molecule has 5 unspecified atom stereocenters. The molecule has 5 aliphatic rings. The van der Waals surface area contributed by atoms with Crippen molar-refractivity contribution < 1.29 is 14.7 Å². The summed E-state index contributed by atoms with van der Waals surface area (Å²) in [6.07, 6.45) is 0.678. The van der Waals surface area contributed by atoms with Crippen LogP contribution >= 0.6 is 21.6 Å². The number of nitrogens with one attached hydrogen (secondary N) is 2. The second kappa shape index (κ2) is 6.08. The van der Waals surface area contributed by atoms with Gasteiger partial charge in [0.1, 0.15) is 12.3 Å². The zero-order chi connectivity index (χ0) is 22.8. The smallest absolute Gasteiger partial charge is 0.264 e. The Bertz CT molecular complexity index is 1380. The molecular formula is C24H22N4O3S2. The molecule has 9 heteroatoms. The molecule has 168 valence electrons. The van der Waals surface area contributed by atoms with Crippen LogP contribution < -0.4 is 5.32 Å². The van der Waals surface area contributed by atoms with Gasteiger partial charge in [0.25, 0.3) is 11.8 Å². The Morgan fingerprint density at radius 3 is 2.61 bits per heavy atom. The second-order valence-corrected chi connectivity index (χ2v) is 11.8. The van der Waals surface area contributed by atoms with E-state index in [1.165, 1.54) is 21.6 Å². The predicted octanol–water partition coefficient (Wildman–Crippen LogP) is 3.08. The molecule has 1 aromatic heterocycles. The van der Waals surface area contributed by atoms with E-state index >= 15 is 0 Å². The van der Waals surface area contributed by atoms with Crippen molar-refractivity contribution in [3.05, 3.63) is 65.9 Å². The molecule has 1 spiro atoms. The number of anilines is 1. The van der Waals surface area contributed by atoms with Gasteiger partial charge in [-0.15, -0.1) is 0 Å². The van der Waals surface area contributed by atoms with Gasteiger partial charge in [0.15, 0.2) is 4.87 Å². The van der Waals surface area contributed by atoms with Crippen molar-refractivity contribution in [3.8, 4) is 0 Å². The number of benzene rings is 2. The first kappa shape index (κ1) is 19.8. The summed E-state index contributed by atoms with van der Waals surface area (Å²) < 4.78 is 0. The van der Waals surface area contributed by atoms with Crippen molar-refractivity contribution in [3.63, 3.8) is 0 Å². The third-order valence-corrected chi connectivity index (χ3v) is 11.8. The summed E-state index contributed by atoms with van der Waals surface area (Å²) in [5.74, 6) is -0.338. The monoisotopic (exact) mass is 478 g/mol. The van der Waals surface area contributed by atoms with Crippen molar-refractivity contribution in [1.29, 1.82) is 0 Å². The van der Waals surface area contributed by atoms with Gasteiger partial charge in [0, 0.05) is 29.8 Å². The van der Waals surface area contributed by atoms with Crippen LogP contribution in [0.25, 0.3) is 10.9 Å². The maximum atomic E-state index is 14.1. The number of carbonyl (C=O) groups excluding carboxylic acids is 2. The summed E-state index contributed by atoms with van der Waals surface area (Å²) in [5, 5.41) is 16.8. The molecule has 4 fully saturated rings. The SMILES string of the molecule is CCC12SSC3(C(=O)N1C)C(O)C1(c4c[nH]c5ccccc45)c4ccccc4NC1N3C2=O. The lowest BCUT2D eigenvalue weighted by Crippen LogP contribution is -2.77. The first-order chi connectivity index (χ1) is 15.9. The zero-order valence-corrected chi connectivity index (χ0v) is 19.7. The topological polar surface area (TPSA) is 88.7 Å². The first-order valence-electron chi connectivity index (χ1n) is 11.0. The molecule has 3 N–H and O–H groups in total. The number of aliphatic hydroxyl groups is 1. The molecule has 3 aromatic rings. The minimum Gasteiger partial charge on any atom is -0.388 e.